The first-order valence-corrected chi connectivity index (χ1v) is 7.27. The van der Waals surface area contributed by atoms with Gasteiger partial charge in [0.25, 0.3) is 0 Å². The molecule has 0 aromatic heterocycles. The van der Waals surface area contributed by atoms with Gasteiger partial charge in [0.05, 0.1) is 6.42 Å². The van der Waals surface area contributed by atoms with Crippen molar-refractivity contribution >= 4 is 5.96 Å². The van der Waals surface area contributed by atoms with Crippen molar-refractivity contribution in [1.29, 1.82) is 0 Å². The number of hydrogen-bond donors (Lipinski definition) is 3. The predicted octanol–water partition coefficient (Wildman–Crippen LogP) is 2.83. The second kappa shape index (κ2) is 9.17. The van der Waals surface area contributed by atoms with E-state index in [1.807, 2.05) is 19.1 Å². The van der Waals surface area contributed by atoms with Crippen molar-refractivity contribution in [3.05, 3.63) is 29.8 Å². The Bertz CT molecular complexity index is 458. The number of alkyl halides is 3. The third-order valence-corrected chi connectivity index (χ3v) is 2.87. The van der Waals surface area contributed by atoms with Gasteiger partial charge in [0.15, 0.2) is 5.96 Å². The molecule has 0 aliphatic carbocycles. The summed E-state index contributed by atoms with van der Waals surface area (Å²) >= 11 is 0. The van der Waals surface area contributed by atoms with Crippen molar-refractivity contribution in [2.75, 3.05) is 19.6 Å². The largest absolute Gasteiger partial charge is 0.508 e. The van der Waals surface area contributed by atoms with E-state index in [1.54, 1.807) is 12.1 Å². The molecule has 0 aliphatic rings. The Kier molecular flexibility index (Phi) is 7.56. The summed E-state index contributed by atoms with van der Waals surface area (Å²) in [6, 6.07) is 6.93. The topological polar surface area (TPSA) is 56.7 Å². The molecule has 0 atom stereocenters. The second-order valence-electron chi connectivity index (χ2n) is 4.82. The van der Waals surface area contributed by atoms with Crippen molar-refractivity contribution in [3.63, 3.8) is 0 Å². The summed E-state index contributed by atoms with van der Waals surface area (Å²) in [7, 11) is 0. The van der Waals surface area contributed by atoms with Gasteiger partial charge < -0.3 is 15.7 Å². The van der Waals surface area contributed by atoms with Gasteiger partial charge in [-0.25, -0.2) is 0 Å². The molecule has 3 N–H and O–H groups in total. The molecule has 0 amide bonds. The summed E-state index contributed by atoms with van der Waals surface area (Å²) in [5.41, 5.74) is 1.09. The van der Waals surface area contributed by atoms with E-state index in [-0.39, 0.29) is 12.3 Å². The first-order chi connectivity index (χ1) is 10.4. The highest BCUT2D eigenvalue weighted by Crippen LogP contribution is 2.18. The lowest BCUT2D eigenvalue weighted by Gasteiger charge is -2.12. The number of nitrogens with zero attached hydrogens (tertiary/aromatic N) is 1. The van der Waals surface area contributed by atoms with E-state index in [9.17, 15) is 18.3 Å². The highest BCUT2D eigenvalue weighted by molar-refractivity contribution is 5.79. The van der Waals surface area contributed by atoms with Gasteiger partial charge in [0.2, 0.25) is 0 Å². The number of rotatable bonds is 7. The molecular formula is C15H22F3N3O. The van der Waals surface area contributed by atoms with Crippen molar-refractivity contribution in [2.24, 2.45) is 4.99 Å². The number of phenols is 1. The molecule has 22 heavy (non-hydrogen) atoms. The highest BCUT2D eigenvalue weighted by Gasteiger charge is 2.26. The number of aryl methyl sites for hydroxylation is 1. The van der Waals surface area contributed by atoms with Gasteiger partial charge in [-0.3, -0.25) is 4.99 Å². The zero-order valence-corrected chi connectivity index (χ0v) is 12.6. The number of halogens is 3. The Balaban J connectivity index is 2.33. The number of nitrogens with one attached hydrogen (secondary N) is 2. The molecule has 1 rings (SSSR count). The Morgan fingerprint density at radius 1 is 1.18 bits per heavy atom. The molecule has 7 heteroatoms. The quantitative estimate of drug-likeness (QED) is 0.412. The molecule has 0 unspecified atom stereocenters. The molecule has 1 aromatic rings. The Morgan fingerprint density at radius 2 is 1.86 bits per heavy atom. The number of benzene rings is 1. The first kappa shape index (κ1) is 18.1. The Hall–Kier alpha value is -1.92. The van der Waals surface area contributed by atoms with Crippen molar-refractivity contribution in [3.8, 4) is 5.75 Å². The maximum atomic E-state index is 12.1. The molecule has 0 heterocycles. The van der Waals surface area contributed by atoms with Crippen molar-refractivity contribution in [2.45, 2.75) is 32.4 Å². The van der Waals surface area contributed by atoms with Crippen LogP contribution in [0.25, 0.3) is 0 Å². The zero-order valence-electron chi connectivity index (χ0n) is 12.6. The van der Waals surface area contributed by atoms with Crippen LogP contribution < -0.4 is 10.6 Å². The number of aliphatic imine (C=N–C) groups is 1. The van der Waals surface area contributed by atoms with Crippen LogP contribution in [-0.2, 0) is 6.42 Å². The normalized spacial score (nSPS) is 12.3. The summed E-state index contributed by atoms with van der Waals surface area (Å²) in [5, 5.41) is 14.8. The molecule has 0 radical (unpaired) electrons. The van der Waals surface area contributed by atoms with E-state index in [1.165, 1.54) is 0 Å². The van der Waals surface area contributed by atoms with Crippen molar-refractivity contribution < 1.29 is 18.3 Å². The predicted molar refractivity (Wildman–Crippen MR) is 81.1 cm³/mol. The molecule has 0 aliphatic heterocycles. The van der Waals surface area contributed by atoms with E-state index < -0.39 is 12.6 Å². The molecule has 0 bridgehead atoms. The monoisotopic (exact) mass is 317 g/mol. The third-order valence-electron chi connectivity index (χ3n) is 2.87. The molecule has 124 valence electrons. The van der Waals surface area contributed by atoms with Crippen LogP contribution in [0.5, 0.6) is 5.75 Å². The minimum Gasteiger partial charge on any atom is -0.508 e. The van der Waals surface area contributed by atoms with Crippen LogP contribution in [0.2, 0.25) is 0 Å². The molecule has 0 fully saturated rings. The smallest absolute Gasteiger partial charge is 0.390 e. The molecule has 0 spiro atoms. The lowest BCUT2D eigenvalue weighted by atomic mass is 10.1. The minimum absolute atomic E-state index is 0.187. The first-order valence-electron chi connectivity index (χ1n) is 7.27. The Labute approximate surface area is 128 Å². The van der Waals surface area contributed by atoms with E-state index in [2.05, 4.69) is 15.6 Å². The maximum Gasteiger partial charge on any atom is 0.390 e. The van der Waals surface area contributed by atoms with Crippen LogP contribution >= 0.6 is 0 Å². The van der Waals surface area contributed by atoms with Crippen LogP contribution in [0.15, 0.2) is 29.3 Å². The second-order valence-corrected chi connectivity index (χ2v) is 4.82. The highest BCUT2D eigenvalue weighted by atomic mass is 19.4. The van der Waals surface area contributed by atoms with Gasteiger partial charge in [-0.2, -0.15) is 13.2 Å². The van der Waals surface area contributed by atoms with E-state index in [0.717, 1.165) is 18.4 Å². The van der Waals surface area contributed by atoms with Crippen LogP contribution in [0.3, 0.4) is 0 Å². The maximum absolute atomic E-state index is 12.1. The number of aromatic hydroxyl groups is 1. The van der Waals surface area contributed by atoms with Gasteiger partial charge in [-0.15, -0.1) is 0 Å². The standard InChI is InChI=1S/C15H22F3N3O/c1-2-19-14(21-11-9-15(16,17)18)20-10-3-4-12-5-7-13(22)8-6-12/h5-8,22H,2-4,9-11H2,1H3,(H2,19,20,21). The van der Waals surface area contributed by atoms with Crippen LogP contribution in [0.4, 0.5) is 13.2 Å². The minimum atomic E-state index is -4.16. The lowest BCUT2D eigenvalue weighted by molar-refractivity contribution is -0.132. The van der Waals surface area contributed by atoms with Gasteiger partial charge in [-0.1, -0.05) is 12.1 Å². The molecule has 0 saturated carbocycles. The van der Waals surface area contributed by atoms with Gasteiger partial charge >= 0.3 is 6.18 Å². The Morgan fingerprint density at radius 3 is 2.45 bits per heavy atom. The number of guanidine groups is 1. The lowest BCUT2D eigenvalue weighted by Crippen LogP contribution is -2.39. The zero-order chi connectivity index (χ0) is 16.4. The van der Waals surface area contributed by atoms with Crippen LogP contribution in [-0.4, -0.2) is 36.9 Å². The molecule has 0 saturated heterocycles. The fourth-order valence-electron chi connectivity index (χ4n) is 1.80. The van der Waals surface area contributed by atoms with E-state index >= 15 is 0 Å². The van der Waals surface area contributed by atoms with Gasteiger partial charge in [0, 0.05) is 19.6 Å². The van der Waals surface area contributed by atoms with Gasteiger partial charge in [0.1, 0.15) is 5.75 Å². The average Bonchev–Trinajstić information content (AvgIpc) is 2.44. The SMILES string of the molecule is CCNC(=NCCCc1ccc(O)cc1)NCCC(F)(F)F. The van der Waals surface area contributed by atoms with E-state index in [0.29, 0.717) is 19.0 Å². The van der Waals surface area contributed by atoms with Crippen LogP contribution in [0, 0.1) is 0 Å². The number of hydrogen-bond acceptors (Lipinski definition) is 2. The molecule has 1 aromatic carbocycles. The average molecular weight is 317 g/mol. The fraction of sp³-hybridized carbons (Fsp3) is 0.533. The summed E-state index contributed by atoms with van der Waals surface area (Å²) < 4.78 is 36.3. The van der Waals surface area contributed by atoms with Crippen LogP contribution in [0.1, 0.15) is 25.3 Å². The van der Waals surface area contributed by atoms with E-state index in [4.69, 9.17) is 0 Å². The number of phenolic OH excluding ortho intramolecular Hbond substituents is 1. The summed E-state index contributed by atoms with van der Waals surface area (Å²) in [6.45, 7) is 2.78. The van der Waals surface area contributed by atoms with Gasteiger partial charge in [-0.05, 0) is 37.5 Å². The summed E-state index contributed by atoms with van der Waals surface area (Å²) in [6.07, 6.45) is -3.47. The van der Waals surface area contributed by atoms with Crippen molar-refractivity contribution in [1.82, 2.24) is 10.6 Å². The fourth-order valence-corrected chi connectivity index (χ4v) is 1.80. The molecule has 4 nitrogen and oxygen atoms in total. The summed E-state index contributed by atoms with van der Waals surface area (Å²) in [5.74, 6) is 0.627. The summed E-state index contributed by atoms with van der Waals surface area (Å²) in [4.78, 5) is 4.24. The molecular weight excluding hydrogens is 295 g/mol. The third kappa shape index (κ3) is 8.39.